The molecule has 4 heteroatoms. The van der Waals surface area contributed by atoms with Crippen molar-refractivity contribution in [2.24, 2.45) is 5.92 Å². The van der Waals surface area contributed by atoms with Crippen molar-refractivity contribution >= 4 is 5.97 Å². The Labute approximate surface area is 120 Å². The van der Waals surface area contributed by atoms with E-state index in [4.69, 9.17) is 9.84 Å². The molecule has 4 nitrogen and oxygen atoms in total. The third kappa shape index (κ3) is 4.62. The quantitative estimate of drug-likeness (QED) is 0.866. The molecule has 0 radical (unpaired) electrons. The number of benzene rings is 1. The Morgan fingerprint density at radius 1 is 1.25 bits per heavy atom. The van der Waals surface area contributed by atoms with Crippen LogP contribution in [-0.2, 0) is 22.5 Å². The molecule has 0 spiro atoms. The fraction of sp³-hybridized carbons (Fsp3) is 0.562. The predicted molar refractivity (Wildman–Crippen MR) is 77.7 cm³/mol. The number of nitrogens with zero attached hydrogens (tertiary/aromatic N) is 1. The molecule has 2 rings (SSSR count). The van der Waals surface area contributed by atoms with E-state index >= 15 is 0 Å². The van der Waals surface area contributed by atoms with E-state index in [2.05, 4.69) is 4.90 Å². The lowest BCUT2D eigenvalue weighted by molar-refractivity contribution is -0.136. The van der Waals surface area contributed by atoms with Crippen LogP contribution < -0.4 is 0 Å². The van der Waals surface area contributed by atoms with Crippen LogP contribution in [0.1, 0.15) is 24.0 Å². The van der Waals surface area contributed by atoms with Crippen LogP contribution in [0.4, 0.5) is 0 Å². The maximum absolute atomic E-state index is 10.6. The zero-order chi connectivity index (χ0) is 14.4. The Kier molecular flexibility index (Phi) is 5.56. The molecule has 1 N–H and O–H groups in total. The average Bonchev–Trinajstić information content (AvgIpc) is 2.43. The van der Waals surface area contributed by atoms with Crippen LogP contribution in [0.5, 0.6) is 0 Å². The van der Waals surface area contributed by atoms with Crippen molar-refractivity contribution in [3.63, 3.8) is 0 Å². The molecule has 1 aliphatic heterocycles. The minimum absolute atomic E-state index is 0.0999. The van der Waals surface area contributed by atoms with Crippen molar-refractivity contribution in [2.75, 3.05) is 26.8 Å². The van der Waals surface area contributed by atoms with Crippen LogP contribution in [0.2, 0.25) is 0 Å². The summed E-state index contributed by atoms with van der Waals surface area (Å²) in [7, 11) is 1.77. The lowest BCUT2D eigenvalue weighted by Gasteiger charge is -2.31. The summed E-state index contributed by atoms with van der Waals surface area (Å²) in [6, 6.07) is 7.92. The number of piperidine rings is 1. The van der Waals surface area contributed by atoms with Gasteiger partial charge in [0, 0.05) is 20.3 Å². The number of carboxylic acid groups (broad SMARTS) is 1. The maximum atomic E-state index is 10.6. The van der Waals surface area contributed by atoms with Crippen LogP contribution in [0.3, 0.4) is 0 Å². The number of ether oxygens (including phenoxy) is 1. The van der Waals surface area contributed by atoms with Gasteiger partial charge < -0.3 is 9.84 Å². The largest absolute Gasteiger partial charge is 0.481 e. The summed E-state index contributed by atoms with van der Waals surface area (Å²) < 4.78 is 5.21. The molecule has 0 aliphatic carbocycles. The minimum Gasteiger partial charge on any atom is -0.481 e. The van der Waals surface area contributed by atoms with Gasteiger partial charge in [0.25, 0.3) is 0 Å². The molecule has 1 aromatic rings. The fourth-order valence-electron chi connectivity index (χ4n) is 2.74. The molecule has 0 saturated carbocycles. The molecule has 0 bridgehead atoms. The predicted octanol–water partition coefficient (Wildman–Crippen LogP) is 2.17. The Bertz CT molecular complexity index is 422. The highest BCUT2D eigenvalue weighted by atomic mass is 16.5. The van der Waals surface area contributed by atoms with Crippen LogP contribution >= 0.6 is 0 Å². The van der Waals surface area contributed by atoms with E-state index in [1.165, 1.54) is 18.4 Å². The Balaban J connectivity index is 1.80. The van der Waals surface area contributed by atoms with Crippen LogP contribution in [0.25, 0.3) is 0 Å². The summed E-state index contributed by atoms with van der Waals surface area (Å²) in [5.41, 5.74) is 2.12. The average molecular weight is 277 g/mol. The second-order valence-electron chi connectivity index (χ2n) is 5.56. The lowest BCUT2D eigenvalue weighted by atomic mass is 9.97. The number of carboxylic acids is 1. The second-order valence-corrected chi connectivity index (χ2v) is 5.56. The number of hydrogen-bond donors (Lipinski definition) is 1. The number of rotatable bonds is 6. The van der Waals surface area contributed by atoms with E-state index < -0.39 is 5.97 Å². The van der Waals surface area contributed by atoms with Gasteiger partial charge in [-0.15, -0.1) is 0 Å². The van der Waals surface area contributed by atoms with Gasteiger partial charge in [-0.1, -0.05) is 24.3 Å². The molecular weight excluding hydrogens is 254 g/mol. The smallest absolute Gasteiger partial charge is 0.307 e. The molecule has 0 amide bonds. The summed E-state index contributed by atoms with van der Waals surface area (Å²) >= 11 is 0. The molecular formula is C16H23NO3. The molecule has 1 aliphatic rings. The molecule has 1 saturated heterocycles. The van der Waals surface area contributed by atoms with Crippen LogP contribution in [0, 0.1) is 5.92 Å². The highest BCUT2D eigenvalue weighted by Gasteiger charge is 2.18. The zero-order valence-electron chi connectivity index (χ0n) is 12.0. The molecule has 0 unspecified atom stereocenters. The Hall–Kier alpha value is -1.39. The fourth-order valence-corrected chi connectivity index (χ4v) is 2.74. The van der Waals surface area contributed by atoms with Gasteiger partial charge in [-0.25, -0.2) is 0 Å². The van der Waals surface area contributed by atoms with Crippen molar-refractivity contribution in [3.05, 3.63) is 35.4 Å². The first-order chi connectivity index (χ1) is 9.67. The SMILES string of the molecule is COCC1CCN(Cc2ccc(CC(=O)O)cc2)CC1. The molecule has 110 valence electrons. The van der Waals surface area contributed by atoms with E-state index in [1.807, 2.05) is 24.3 Å². The van der Waals surface area contributed by atoms with E-state index in [0.717, 1.165) is 31.8 Å². The Morgan fingerprint density at radius 2 is 1.85 bits per heavy atom. The molecule has 1 fully saturated rings. The summed E-state index contributed by atoms with van der Waals surface area (Å²) in [5.74, 6) is -0.0767. The zero-order valence-corrected chi connectivity index (χ0v) is 12.0. The molecule has 0 atom stereocenters. The normalized spacial score (nSPS) is 17.2. The van der Waals surface area contributed by atoms with Crippen molar-refractivity contribution in [1.82, 2.24) is 4.90 Å². The third-order valence-electron chi connectivity index (χ3n) is 3.89. The van der Waals surface area contributed by atoms with E-state index in [0.29, 0.717) is 5.92 Å². The number of hydrogen-bond acceptors (Lipinski definition) is 3. The van der Waals surface area contributed by atoms with Gasteiger partial charge in [-0.05, 0) is 43.0 Å². The maximum Gasteiger partial charge on any atom is 0.307 e. The standard InChI is InChI=1S/C16H23NO3/c1-20-12-15-6-8-17(9-7-15)11-14-4-2-13(3-5-14)10-16(18)19/h2-5,15H,6-12H2,1H3,(H,18,19). The van der Waals surface area contributed by atoms with Crippen LogP contribution in [-0.4, -0.2) is 42.8 Å². The minimum atomic E-state index is -0.780. The number of carbonyl (C=O) groups is 1. The molecule has 20 heavy (non-hydrogen) atoms. The number of methoxy groups -OCH3 is 1. The summed E-state index contributed by atoms with van der Waals surface area (Å²) in [6.07, 6.45) is 2.50. The lowest BCUT2D eigenvalue weighted by Crippen LogP contribution is -2.34. The van der Waals surface area contributed by atoms with Crippen molar-refractivity contribution in [2.45, 2.75) is 25.8 Å². The van der Waals surface area contributed by atoms with Gasteiger partial charge in [-0.2, -0.15) is 0 Å². The van der Waals surface area contributed by atoms with E-state index in [-0.39, 0.29) is 6.42 Å². The van der Waals surface area contributed by atoms with Crippen LogP contribution in [0.15, 0.2) is 24.3 Å². The Morgan fingerprint density at radius 3 is 2.40 bits per heavy atom. The molecule has 0 aromatic heterocycles. The number of likely N-dealkylation sites (tertiary alicyclic amines) is 1. The first-order valence-corrected chi connectivity index (χ1v) is 7.18. The van der Waals surface area contributed by atoms with E-state index in [9.17, 15) is 4.79 Å². The highest BCUT2D eigenvalue weighted by molar-refractivity contribution is 5.70. The first-order valence-electron chi connectivity index (χ1n) is 7.18. The topological polar surface area (TPSA) is 49.8 Å². The molecule has 1 aromatic carbocycles. The van der Waals surface area contributed by atoms with Gasteiger partial charge in [-0.3, -0.25) is 9.69 Å². The van der Waals surface area contributed by atoms with Gasteiger partial charge >= 0.3 is 5.97 Å². The van der Waals surface area contributed by atoms with Gasteiger partial charge in [0.1, 0.15) is 0 Å². The number of aliphatic carboxylic acids is 1. The summed E-state index contributed by atoms with van der Waals surface area (Å²) in [6.45, 7) is 4.06. The monoisotopic (exact) mass is 277 g/mol. The van der Waals surface area contributed by atoms with Gasteiger partial charge in [0.05, 0.1) is 6.42 Å². The molecule has 1 heterocycles. The van der Waals surface area contributed by atoms with Gasteiger partial charge in [0.15, 0.2) is 0 Å². The first kappa shape index (κ1) is 15.0. The van der Waals surface area contributed by atoms with E-state index in [1.54, 1.807) is 7.11 Å². The third-order valence-corrected chi connectivity index (χ3v) is 3.89. The summed E-state index contributed by atoms with van der Waals surface area (Å²) in [4.78, 5) is 13.1. The highest BCUT2D eigenvalue weighted by Crippen LogP contribution is 2.19. The second kappa shape index (κ2) is 7.41. The van der Waals surface area contributed by atoms with Crippen molar-refractivity contribution < 1.29 is 14.6 Å². The summed E-state index contributed by atoms with van der Waals surface area (Å²) in [5, 5.41) is 8.75. The van der Waals surface area contributed by atoms with Crippen molar-refractivity contribution in [3.8, 4) is 0 Å². The van der Waals surface area contributed by atoms with Crippen molar-refractivity contribution in [1.29, 1.82) is 0 Å². The van der Waals surface area contributed by atoms with Gasteiger partial charge in [0.2, 0.25) is 0 Å².